The van der Waals surface area contributed by atoms with Crippen LogP contribution in [-0.4, -0.2) is 17.0 Å². The standard InChI is InChI=1S/C25H20O4/c1-25(16-23(26)27,21-14-6-10-17-8-2-4-12-19(17)21)24(28)29-22-15-7-11-18-9-3-5-13-20(18)22/h2-15H,16H2,1H3,(H,26,27). The first-order valence-electron chi connectivity index (χ1n) is 9.39. The average molecular weight is 384 g/mol. The predicted octanol–water partition coefficient (Wildman–Crippen LogP) is 5.33. The van der Waals surface area contributed by atoms with E-state index in [4.69, 9.17) is 4.74 Å². The maximum atomic E-state index is 13.4. The molecule has 4 nitrogen and oxygen atoms in total. The van der Waals surface area contributed by atoms with Crippen LogP contribution < -0.4 is 4.74 Å². The molecule has 0 heterocycles. The van der Waals surface area contributed by atoms with Gasteiger partial charge in [-0.1, -0.05) is 78.9 Å². The summed E-state index contributed by atoms with van der Waals surface area (Å²) in [5.74, 6) is -1.23. The third-order valence-electron chi connectivity index (χ3n) is 5.29. The first-order valence-corrected chi connectivity index (χ1v) is 9.39. The molecule has 0 bridgehead atoms. The summed E-state index contributed by atoms with van der Waals surface area (Å²) < 4.78 is 5.79. The molecule has 0 aliphatic heterocycles. The molecule has 0 aliphatic carbocycles. The minimum atomic E-state index is -1.34. The molecule has 1 unspecified atom stereocenters. The number of rotatable bonds is 5. The normalized spacial score (nSPS) is 13.1. The summed E-state index contributed by atoms with van der Waals surface area (Å²) in [6.07, 6.45) is -0.370. The number of aliphatic carboxylic acids is 1. The van der Waals surface area contributed by atoms with Gasteiger partial charge in [-0.25, -0.2) is 0 Å². The van der Waals surface area contributed by atoms with Gasteiger partial charge in [0.05, 0.1) is 6.42 Å². The molecule has 4 heteroatoms. The second-order valence-electron chi connectivity index (χ2n) is 7.30. The lowest BCUT2D eigenvalue weighted by atomic mass is 9.77. The number of carbonyl (C=O) groups excluding carboxylic acids is 1. The van der Waals surface area contributed by atoms with Crippen molar-refractivity contribution in [1.29, 1.82) is 0 Å². The molecule has 0 saturated heterocycles. The summed E-state index contributed by atoms with van der Waals surface area (Å²) in [7, 11) is 0. The van der Waals surface area contributed by atoms with Crippen molar-refractivity contribution in [3.63, 3.8) is 0 Å². The number of hydrogen-bond acceptors (Lipinski definition) is 3. The predicted molar refractivity (Wildman–Crippen MR) is 113 cm³/mol. The third kappa shape index (κ3) is 3.45. The molecule has 144 valence electrons. The molecule has 0 amide bonds. The number of carboxylic acid groups (broad SMARTS) is 1. The van der Waals surface area contributed by atoms with E-state index in [1.165, 1.54) is 0 Å². The SMILES string of the molecule is CC(CC(=O)O)(C(=O)Oc1cccc2ccccc12)c1cccc2ccccc12. The number of fused-ring (bicyclic) bond motifs is 2. The molecule has 0 aromatic heterocycles. The Kier molecular flexibility index (Phi) is 4.77. The summed E-state index contributed by atoms with van der Waals surface area (Å²) in [6, 6.07) is 26.3. The lowest BCUT2D eigenvalue weighted by Crippen LogP contribution is -2.38. The van der Waals surface area contributed by atoms with Gasteiger partial charge in [0.25, 0.3) is 0 Å². The van der Waals surface area contributed by atoms with Crippen LogP contribution in [0.15, 0.2) is 84.9 Å². The smallest absolute Gasteiger partial charge is 0.322 e. The average Bonchev–Trinajstić information content (AvgIpc) is 2.73. The molecule has 0 saturated carbocycles. The zero-order valence-electron chi connectivity index (χ0n) is 16.0. The van der Waals surface area contributed by atoms with Crippen LogP contribution in [0.1, 0.15) is 18.9 Å². The topological polar surface area (TPSA) is 63.6 Å². The van der Waals surface area contributed by atoms with E-state index in [0.717, 1.165) is 21.5 Å². The van der Waals surface area contributed by atoms with Crippen LogP contribution in [-0.2, 0) is 15.0 Å². The Morgan fingerprint density at radius 2 is 1.34 bits per heavy atom. The number of carbonyl (C=O) groups is 2. The van der Waals surface area contributed by atoms with Gasteiger partial charge in [0.1, 0.15) is 11.2 Å². The van der Waals surface area contributed by atoms with Gasteiger partial charge in [-0.05, 0) is 34.7 Å². The van der Waals surface area contributed by atoms with Crippen molar-refractivity contribution < 1.29 is 19.4 Å². The molecule has 4 aromatic carbocycles. The van der Waals surface area contributed by atoms with Crippen molar-refractivity contribution in [2.75, 3.05) is 0 Å². The maximum absolute atomic E-state index is 13.4. The molecule has 0 radical (unpaired) electrons. The second-order valence-corrected chi connectivity index (χ2v) is 7.30. The summed E-state index contributed by atoms with van der Waals surface area (Å²) >= 11 is 0. The molecule has 4 rings (SSSR count). The highest BCUT2D eigenvalue weighted by Crippen LogP contribution is 2.36. The van der Waals surface area contributed by atoms with Gasteiger partial charge < -0.3 is 9.84 Å². The van der Waals surface area contributed by atoms with Crippen molar-refractivity contribution >= 4 is 33.5 Å². The van der Waals surface area contributed by atoms with Gasteiger partial charge in [-0.2, -0.15) is 0 Å². The van der Waals surface area contributed by atoms with E-state index in [1.54, 1.807) is 19.1 Å². The molecule has 0 spiro atoms. The molecule has 1 atom stereocenters. The van der Waals surface area contributed by atoms with Gasteiger partial charge in [-0.15, -0.1) is 0 Å². The Bertz CT molecular complexity index is 1220. The number of esters is 1. The van der Waals surface area contributed by atoms with Crippen LogP contribution >= 0.6 is 0 Å². The fourth-order valence-electron chi connectivity index (χ4n) is 3.78. The van der Waals surface area contributed by atoms with Crippen molar-refractivity contribution in [2.45, 2.75) is 18.8 Å². The highest BCUT2D eigenvalue weighted by Gasteiger charge is 2.41. The number of carboxylic acids is 1. The highest BCUT2D eigenvalue weighted by molar-refractivity contribution is 5.98. The molecular formula is C25H20O4. The Balaban J connectivity index is 1.82. The highest BCUT2D eigenvalue weighted by atomic mass is 16.5. The lowest BCUT2D eigenvalue weighted by Gasteiger charge is -2.27. The van der Waals surface area contributed by atoms with Gasteiger partial charge in [0.2, 0.25) is 0 Å². The van der Waals surface area contributed by atoms with E-state index in [-0.39, 0.29) is 6.42 Å². The first kappa shape index (κ1) is 18.7. The lowest BCUT2D eigenvalue weighted by molar-refractivity contribution is -0.147. The second kappa shape index (κ2) is 7.40. The Morgan fingerprint density at radius 1 is 0.793 bits per heavy atom. The Labute approximate surface area is 168 Å². The van der Waals surface area contributed by atoms with Crippen molar-refractivity contribution in [3.8, 4) is 5.75 Å². The van der Waals surface area contributed by atoms with E-state index in [2.05, 4.69) is 0 Å². The van der Waals surface area contributed by atoms with Gasteiger partial charge in [-0.3, -0.25) is 9.59 Å². The van der Waals surface area contributed by atoms with E-state index in [1.807, 2.05) is 72.8 Å². The molecule has 1 N–H and O–H groups in total. The minimum absolute atomic E-state index is 0.370. The van der Waals surface area contributed by atoms with Gasteiger partial charge >= 0.3 is 11.9 Å². The minimum Gasteiger partial charge on any atom is -0.481 e. The monoisotopic (exact) mass is 384 g/mol. The van der Waals surface area contributed by atoms with Crippen LogP contribution in [0.3, 0.4) is 0 Å². The quantitative estimate of drug-likeness (QED) is 0.373. The number of ether oxygens (including phenoxy) is 1. The summed E-state index contributed by atoms with van der Waals surface area (Å²) in [6.45, 7) is 1.64. The Hall–Kier alpha value is -3.66. The zero-order valence-corrected chi connectivity index (χ0v) is 16.0. The summed E-state index contributed by atoms with van der Waals surface area (Å²) in [4.78, 5) is 25.1. The van der Waals surface area contributed by atoms with Gasteiger partial charge in [0.15, 0.2) is 0 Å². The third-order valence-corrected chi connectivity index (χ3v) is 5.29. The van der Waals surface area contributed by atoms with E-state index in [9.17, 15) is 14.7 Å². The molecule has 0 aliphatic rings. The van der Waals surface area contributed by atoms with E-state index >= 15 is 0 Å². The van der Waals surface area contributed by atoms with Crippen molar-refractivity contribution in [3.05, 3.63) is 90.5 Å². The van der Waals surface area contributed by atoms with Gasteiger partial charge in [0, 0.05) is 5.39 Å². The largest absolute Gasteiger partial charge is 0.481 e. The van der Waals surface area contributed by atoms with Crippen molar-refractivity contribution in [1.82, 2.24) is 0 Å². The fraction of sp³-hybridized carbons (Fsp3) is 0.120. The molecule has 0 fully saturated rings. The van der Waals surface area contributed by atoms with Crippen molar-refractivity contribution in [2.24, 2.45) is 0 Å². The molecule has 29 heavy (non-hydrogen) atoms. The van der Waals surface area contributed by atoms with E-state index in [0.29, 0.717) is 11.3 Å². The van der Waals surface area contributed by atoms with Crippen LogP contribution in [0.25, 0.3) is 21.5 Å². The van der Waals surface area contributed by atoms with Crippen LogP contribution in [0, 0.1) is 0 Å². The summed E-state index contributed by atoms with van der Waals surface area (Å²) in [5, 5.41) is 13.1. The summed E-state index contributed by atoms with van der Waals surface area (Å²) in [5.41, 5.74) is -0.702. The van der Waals surface area contributed by atoms with Crippen LogP contribution in [0.4, 0.5) is 0 Å². The maximum Gasteiger partial charge on any atom is 0.322 e. The zero-order chi connectivity index (χ0) is 20.4. The van der Waals surface area contributed by atoms with E-state index < -0.39 is 17.4 Å². The molecule has 4 aromatic rings. The van der Waals surface area contributed by atoms with Crippen LogP contribution in [0.2, 0.25) is 0 Å². The fourth-order valence-corrected chi connectivity index (χ4v) is 3.78. The number of benzene rings is 4. The van der Waals surface area contributed by atoms with Crippen LogP contribution in [0.5, 0.6) is 5.75 Å². The molecular weight excluding hydrogens is 364 g/mol. The Morgan fingerprint density at radius 3 is 2.03 bits per heavy atom. The number of hydrogen-bond donors (Lipinski definition) is 1. The first-order chi connectivity index (χ1) is 14.0.